The maximum atomic E-state index is 13.5. The third-order valence-electron chi connectivity index (χ3n) is 10.5. The lowest BCUT2D eigenvalue weighted by atomic mass is 9.43. The molecule has 4 fully saturated rings. The third kappa shape index (κ3) is 3.20. The maximum absolute atomic E-state index is 13.5. The number of hydrogen-bond donors (Lipinski definition) is 1. The van der Waals surface area contributed by atoms with Crippen molar-refractivity contribution in [2.24, 2.45) is 40.4 Å². The summed E-state index contributed by atoms with van der Waals surface area (Å²) in [7, 11) is 0. The molecule has 0 saturated heterocycles. The van der Waals surface area contributed by atoms with Gasteiger partial charge in [0.2, 0.25) is 0 Å². The van der Waals surface area contributed by atoms with Gasteiger partial charge in [0.1, 0.15) is 0 Å². The first-order valence-corrected chi connectivity index (χ1v) is 12.3. The van der Waals surface area contributed by atoms with Crippen LogP contribution < -0.4 is 0 Å². The van der Waals surface area contributed by atoms with Crippen LogP contribution in [0.3, 0.4) is 0 Å². The summed E-state index contributed by atoms with van der Waals surface area (Å²) >= 11 is 0. The average molecular weight is 453 g/mol. The van der Waals surface area contributed by atoms with Gasteiger partial charge >= 0.3 is 6.18 Å². The maximum Gasteiger partial charge on any atom is 0.417 e. The molecule has 7 heteroatoms. The fourth-order valence-corrected chi connectivity index (χ4v) is 8.70. The zero-order chi connectivity index (χ0) is 22.9. The Labute approximate surface area is 187 Å². The van der Waals surface area contributed by atoms with E-state index in [9.17, 15) is 23.1 Å². The highest BCUT2D eigenvalue weighted by molar-refractivity contribution is 5.82. The van der Waals surface area contributed by atoms with Crippen molar-refractivity contribution in [3.63, 3.8) is 0 Å². The van der Waals surface area contributed by atoms with Gasteiger partial charge in [0.05, 0.1) is 6.54 Å². The van der Waals surface area contributed by atoms with Crippen LogP contribution in [0.25, 0.3) is 0 Å². The van der Waals surface area contributed by atoms with Crippen LogP contribution in [0.4, 0.5) is 13.2 Å². The lowest BCUT2D eigenvalue weighted by Gasteiger charge is -2.62. The number of carbonyl (C=O) groups is 1. The first-order chi connectivity index (χ1) is 15.0. The van der Waals surface area contributed by atoms with Crippen LogP contribution in [0, 0.1) is 40.4 Å². The van der Waals surface area contributed by atoms with E-state index in [0.29, 0.717) is 30.7 Å². The highest BCUT2D eigenvalue weighted by atomic mass is 19.4. The molecule has 1 heterocycles. The van der Waals surface area contributed by atoms with Crippen LogP contribution in [0.15, 0.2) is 18.5 Å². The quantitative estimate of drug-likeness (QED) is 0.668. The molecule has 32 heavy (non-hydrogen) atoms. The fourth-order valence-electron chi connectivity index (χ4n) is 8.70. The number of aliphatic hydroxyl groups is 1. The van der Waals surface area contributed by atoms with Crippen LogP contribution in [0.5, 0.6) is 0 Å². The van der Waals surface area contributed by atoms with E-state index in [1.165, 1.54) is 0 Å². The van der Waals surface area contributed by atoms with Crippen LogP contribution in [-0.4, -0.2) is 32.4 Å². The predicted octanol–water partition coefficient (Wildman–Crippen LogP) is 5.40. The van der Waals surface area contributed by atoms with Gasteiger partial charge in [0.15, 0.2) is 11.4 Å². The van der Waals surface area contributed by atoms with Gasteiger partial charge in [0, 0.05) is 18.3 Å². The number of halogens is 3. The zero-order valence-electron chi connectivity index (χ0n) is 19.1. The standard InChI is InChI=1S/C25H35F3N2O2/c1-22-10-11-24(32,25(26,27)28)14-16(22)4-5-17-18-6-7-20(23(18,2)9-8-19(17)22)21(31)15-30-13-3-12-29-30/h3,12-13,16-20,32H,4-11,14-15H2,1-2H3/t16-,17+,18+,19+,20-,22+,23+,24-/m1/s1. The molecular weight excluding hydrogens is 417 g/mol. The van der Waals surface area contributed by atoms with Crippen molar-refractivity contribution < 1.29 is 23.1 Å². The minimum Gasteiger partial charge on any atom is -0.380 e. The normalized spacial score (nSPS) is 46.2. The Kier molecular flexibility index (Phi) is 5.12. The zero-order valence-corrected chi connectivity index (χ0v) is 19.1. The first kappa shape index (κ1) is 22.4. The minimum absolute atomic E-state index is 0.0179. The van der Waals surface area contributed by atoms with Crippen molar-refractivity contribution >= 4 is 5.78 Å². The Morgan fingerprint density at radius 3 is 2.50 bits per heavy atom. The Hall–Kier alpha value is -1.37. The molecule has 0 unspecified atom stereocenters. The molecule has 8 atom stereocenters. The number of fused-ring (bicyclic) bond motifs is 5. The molecule has 4 aliphatic rings. The number of alkyl halides is 3. The molecule has 5 rings (SSSR count). The Morgan fingerprint density at radius 1 is 1.06 bits per heavy atom. The molecule has 4 aliphatic carbocycles. The number of ketones is 1. The van der Waals surface area contributed by atoms with E-state index in [1.54, 1.807) is 10.9 Å². The second-order valence-corrected chi connectivity index (χ2v) is 11.7. The Balaban J connectivity index is 1.34. The Morgan fingerprint density at radius 2 is 1.81 bits per heavy atom. The smallest absolute Gasteiger partial charge is 0.380 e. The van der Waals surface area contributed by atoms with Crippen LogP contribution in [0.2, 0.25) is 0 Å². The van der Waals surface area contributed by atoms with E-state index in [4.69, 9.17) is 0 Å². The molecule has 0 aliphatic heterocycles. The van der Waals surface area contributed by atoms with Gasteiger partial charge in [-0.1, -0.05) is 13.8 Å². The summed E-state index contributed by atoms with van der Waals surface area (Å²) in [6.45, 7) is 4.82. The number of Topliss-reactive ketones (excluding diaryl/α,β-unsaturated/α-hetero) is 1. The minimum atomic E-state index is -4.55. The van der Waals surface area contributed by atoms with Crippen molar-refractivity contribution in [2.75, 3.05) is 0 Å². The van der Waals surface area contributed by atoms with Gasteiger partial charge in [-0.3, -0.25) is 9.48 Å². The van der Waals surface area contributed by atoms with E-state index >= 15 is 0 Å². The van der Waals surface area contributed by atoms with Gasteiger partial charge in [0.25, 0.3) is 0 Å². The summed E-state index contributed by atoms with van der Waals surface area (Å²) in [5.74, 6) is 1.59. The molecule has 1 aromatic rings. The molecule has 0 aromatic carbocycles. The largest absolute Gasteiger partial charge is 0.417 e. The third-order valence-corrected chi connectivity index (χ3v) is 10.5. The van der Waals surface area contributed by atoms with Crippen molar-refractivity contribution in [1.29, 1.82) is 0 Å². The summed E-state index contributed by atoms with van der Waals surface area (Å²) in [6, 6.07) is 1.83. The van der Waals surface area contributed by atoms with Crippen molar-refractivity contribution in [2.45, 2.75) is 90.0 Å². The molecule has 1 aromatic heterocycles. The summed E-state index contributed by atoms with van der Waals surface area (Å²) < 4.78 is 42.3. The monoisotopic (exact) mass is 452 g/mol. The summed E-state index contributed by atoms with van der Waals surface area (Å²) in [5, 5.41) is 14.6. The van der Waals surface area contributed by atoms with Crippen molar-refractivity contribution in [3.8, 4) is 0 Å². The molecule has 0 spiro atoms. The van der Waals surface area contributed by atoms with Gasteiger partial charge in [-0.15, -0.1) is 0 Å². The average Bonchev–Trinajstić information content (AvgIpc) is 3.34. The highest BCUT2D eigenvalue weighted by Crippen LogP contribution is 2.68. The number of nitrogens with zero attached hydrogens (tertiary/aromatic N) is 2. The van der Waals surface area contributed by atoms with Crippen LogP contribution in [-0.2, 0) is 11.3 Å². The molecule has 4 saturated carbocycles. The molecule has 0 amide bonds. The Bertz CT molecular complexity index is 871. The molecular formula is C25H35F3N2O2. The first-order valence-electron chi connectivity index (χ1n) is 12.3. The van der Waals surface area contributed by atoms with E-state index in [-0.39, 0.29) is 41.3 Å². The summed E-state index contributed by atoms with van der Waals surface area (Å²) in [4.78, 5) is 13.2. The molecule has 0 bridgehead atoms. The number of rotatable bonds is 3. The second-order valence-electron chi connectivity index (χ2n) is 11.7. The van der Waals surface area contributed by atoms with E-state index in [2.05, 4.69) is 18.9 Å². The highest BCUT2D eigenvalue weighted by Gasteiger charge is 2.65. The number of hydrogen-bond acceptors (Lipinski definition) is 3. The predicted molar refractivity (Wildman–Crippen MR) is 113 cm³/mol. The van der Waals surface area contributed by atoms with Crippen LogP contribution >= 0.6 is 0 Å². The van der Waals surface area contributed by atoms with E-state index in [1.807, 2.05) is 12.3 Å². The molecule has 0 radical (unpaired) electrons. The van der Waals surface area contributed by atoms with Gasteiger partial charge in [-0.25, -0.2) is 0 Å². The number of aromatic nitrogens is 2. The topological polar surface area (TPSA) is 55.1 Å². The van der Waals surface area contributed by atoms with E-state index < -0.39 is 11.8 Å². The van der Waals surface area contributed by atoms with E-state index in [0.717, 1.165) is 38.5 Å². The van der Waals surface area contributed by atoms with Gasteiger partial charge < -0.3 is 5.11 Å². The molecule has 4 nitrogen and oxygen atoms in total. The summed E-state index contributed by atoms with van der Waals surface area (Å²) in [6.07, 6.45) is 4.69. The molecule has 178 valence electrons. The summed E-state index contributed by atoms with van der Waals surface area (Å²) in [5.41, 5.74) is -2.68. The second kappa shape index (κ2) is 7.31. The van der Waals surface area contributed by atoms with Gasteiger partial charge in [-0.05, 0) is 98.4 Å². The number of carbonyl (C=O) groups excluding carboxylic acids is 1. The van der Waals surface area contributed by atoms with Crippen molar-refractivity contribution in [1.82, 2.24) is 9.78 Å². The molecule has 1 N–H and O–H groups in total. The fraction of sp³-hybridized carbons (Fsp3) is 0.840. The van der Waals surface area contributed by atoms with Crippen LogP contribution in [0.1, 0.15) is 71.6 Å². The lowest BCUT2D eigenvalue weighted by molar-refractivity contribution is -0.290. The lowest BCUT2D eigenvalue weighted by Crippen LogP contribution is -2.59. The SMILES string of the molecule is C[C@]12CC[C@](O)(C(F)(F)F)C[C@H]1CC[C@@H]1[C@@H]2CC[C@]2(C)[C@@H](C(=O)Cn3cccn3)CC[C@@H]12. The van der Waals surface area contributed by atoms with Gasteiger partial charge in [-0.2, -0.15) is 18.3 Å². The van der Waals surface area contributed by atoms with Crippen molar-refractivity contribution in [3.05, 3.63) is 18.5 Å².